The summed E-state index contributed by atoms with van der Waals surface area (Å²) in [6.45, 7) is 4.93. The first-order valence-corrected chi connectivity index (χ1v) is 11.3. The number of hydrogen-bond donors (Lipinski definition) is 6. The first-order chi connectivity index (χ1) is 14.6. The van der Waals surface area contributed by atoms with Crippen molar-refractivity contribution in [3.63, 3.8) is 0 Å². The van der Waals surface area contributed by atoms with Gasteiger partial charge in [0.2, 0.25) is 17.7 Å². The summed E-state index contributed by atoms with van der Waals surface area (Å²) in [6, 6.07) is -3.83. The standard InChI is InChI=1S/C19H32N6O5S/c1-10(2)15(18(28)24-14(19(29)30)5-6-31-4)25-16(26)11(3)23-17(27)13(20)7-12-8-21-9-22-12/h8-11,13-15H,5-7,20H2,1-4H3,(H,21,22)(H,23,27)(H,24,28)(H,25,26)(H,29,30). The molecule has 0 saturated heterocycles. The zero-order valence-corrected chi connectivity index (χ0v) is 19.0. The number of hydrogen-bond acceptors (Lipinski definition) is 7. The number of amides is 3. The third kappa shape index (κ3) is 8.97. The van der Waals surface area contributed by atoms with Crippen LogP contribution in [0.2, 0.25) is 0 Å². The number of aromatic nitrogens is 2. The number of carboxylic acids is 1. The second-order valence-electron chi connectivity index (χ2n) is 7.53. The maximum absolute atomic E-state index is 12.6. The van der Waals surface area contributed by atoms with Crippen molar-refractivity contribution in [3.05, 3.63) is 18.2 Å². The summed E-state index contributed by atoms with van der Waals surface area (Å²) in [5, 5.41) is 16.9. The lowest BCUT2D eigenvalue weighted by Gasteiger charge is -2.26. The molecule has 4 unspecified atom stereocenters. The Bertz CT molecular complexity index is 742. The highest BCUT2D eigenvalue weighted by atomic mass is 32.2. The lowest BCUT2D eigenvalue weighted by Crippen LogP contribution is -2.58. The monoisotopic (exact) mass is 456 g/mol. The summed E-state index contributed by atoms with van der Waals surface area (Å²) in [4.78, 5) is 55.5. The molecule has 0 saturated carbocycles. The number of nitrogens with two attached hydrogens (primary N) is 1. The highest BCUT2D eigenvalue weighted by molar-refractivity contribution is 7.98. The van der Waals surface area contributed by atoms with E-state index in [0.717, 1.165) is 0 Å². The molecule has 0 aliphatic heterocycles. The zero-order chi connectivity index (χ0) is 23.6. The van der Waals surface area contributed by atoms with Crippen molar-refractivity contribution in [2.24, 2.45) is 11.7 Å². The molecular formula is C19H32N6O5S. The Morgan fingerprint density at radius 3 is 2.32 bits per heavy atom. The smallest absolute Gasteiger partial charge is 0.326 e. The number of carbonyl (C=O) groups excluding carboxylic acids is 3. The van der Waals surface area contributed by atoms with E-state index < -0.39 is 47.9 Å². The van der Waals surface area contributed by atoms with Gasteiger partial charge in [0.05, 0.1) is 12.4 Å². The van der Waals surface area contributed by atoms with Crippen LogP contribution in [0.3, 0.4) is 0 Å². The van der Waals surface area contributed by atoms with Gasteiger partial charge in [-0.3, -0.25) is 14.4 Å². The molecule has 7 N–H and O–H groups in total. The summed E-state index contributed by atoms with van der Waals surface area (Å²) in [6.07, 6.45) is 5.36. The second kappa shape index (κ2) is 13.0. The van der Waals surface area contributed by atoms with Crippen LogP contribution in [0.25, 0.3) is 0 Å². The first kappa shape index (κ1) is 26.4. The fourth-order valence-corrected chi connectivity index (χ4v) is 3.15. The van der Waals surface area contributed by atoms with Gasteiger partial charge in [-0.05, 0) is 31.3 Å². The number of carboxylic acid groups (broad SMARTS) is 1. The Labute approximate surface area is 185 Å². The number of nitrogens with zero attached hydrogens (tertiary/aromatic N) is 1. The number of nitrogens with one attached hydrogen (secondary N) is 4. The van der Waals surface area contributed by atoms with Crippen molar-refractivity contribution in [2.75, 3.05) is 12.0 Å². The minimum absolute atomic E-state index is 0.226. The average molecular weight is 457 g/mol. The Kier molecular flexibility index (Phi) is 11.0. The molecule has 0 aliphatic rings. The van der Waals surface area contributed by atoms with Crippen LogP contribution in [0.1, 0.15) is 32.9 Å². The predicted molar refractivity (Wildman–Crippen MR) is 117 cm³/mol. The van der Waals surface area contributed by atoms with Gasteiger partial charge in [0.1, 0.15) is 18.1 Å². The molecule has 12 heteroatoms. The molecule has 0 bridgehead atoms. The normalized spacial score (nSPS) is 14.9. The van der Waals surface area contributed by atoms with Gasteiger partial charge in [-0.25, -0.2) is 9.78 Å². The number of aromatic amines is 1. The van der Waals surface area contributed by atoms with Crippen molar-refractivity contribution in [1.82, 2.24) is 25.9 Å². The fourth-order valence-electron chi connectivity index (χ4n) is 2.68. The van der Waals surface area contributed by atoms with E-state index in [-0.39, 0.29) is 18.8 Å². The largest absolute Gasteiger partial charge is 0.480 e. The topological polar surface area (TPSA) is 179 Å². The highest BCUT2D eigenvalue weighted by Crippen LogP contribution is 2.06. The lowest BCUT2D eigenvalue weighted by molar-refractivity contribution is -0.142. The molecule has 1 aromatic heterocycles. The van der Waals surface area contributed by atoms with Crippen LogP contribution < -0.4 is 21.7 Å². The van der Waals surface area contributed by atoms with E-state index in [4.69, 9.17) is 5.73 Å². The molecule has 4 atom stereocenters. The van der Waals surface area contributed by atoms with E-state index in [1.807, 2.05) is 6.26 Å². The van der Waals surface area contributed by atoms with E-state index in [1.165, 1.54) is 25.0 Å². The number of rotatable bonds is 13. The van der Waals surface area contributed by atoms with Gasteiger partial charge in [0.25, 0.3) is 0 Å². The molecule has 1 aromatic rings. The fraction of sp³-hybridized carbons (Fsp3) is 0.632. The van der Waals surface area contributed by atoms with Gasteiger partial charge < -0.3 is 31.8 Å². The van der Waals surface area contributed by atoms with Crippen LogP contribution in [0.15, 0.2) is 12.5 Å². The molecule has 1 heterocycles. The summed E-state index contributed by atoms with van der Waals surface area (Å²) >= 11 is 1.47. The maximum atomic E-state index is 12.6. The van der Waals surface area contributed by atoms with Gasteiger partial charge in [0.15, 0.2) is 0 Å². The highest BCUT2D eigenvalue weighted by Gasteiger charge is 2.30. The van der Waals surface area contributed by atoms with Crippen molar-refractivity contribution < 1.29 is 24.3 Å². The van der Waals surface area contributed by atoms with Gasteiger partial charge in [-0.1, -0.05) is 13.8 Å². The predicted octanol–water partition coefficient (Wildman–Crippen LogP) is -0.752. The van der Waals surface area contributed by atoms with E-state index in [1.54, 1.807) is 20.0 Å². The molecule has 31 heavy (non-hydrogen) atoms. The molecule has 0 aliphatic carbocycles. The lowest BCUT2D eigenvalue weighted by atomic mass is 10.0. The SMILES string of the molecule is CSCCC(NC(=O)C(NC(=O)C(C)NC(=O)C(N)Cc1cnc[nH]1)C(C)C)C(=O)O. The van der Waals surface area contributed by atoms with Crippen LogP contribution in [0, 0.1) is 5.92 Å². The molecule has 174 valence electrons. The van der Waals surface area contributed by atoms with E-state index >= 15 is 0 Å². The average Bonchev–Trinajstić information content (AvgIpc) is 3.21. The maximum Gasteiger partial charge on any atom is 0.326 e. The Hall–Kier alpha value is -2.60. The number of H-pyrrole nitrogens is 1. The Morgan fingerprint density at radius 2 is 1.81 bits per heavy atom. The molecule has 0 radical (unpaired) electrons. The zero-order valence-electron chi connectivity index (χ0n) is 18.2. The third-order valence-electron chi connectivity index (χ3n) is 4.56. The second-order valence-corrected chi connectivity index (χ2v) is 8.51. The van der Waals surface area contributed by atoms with Crippen molar-refractivity contribution in [2.45, 2.75) is 57.8 Å². The molecule has 0 spiro atoms. The van der Waals surface area contributed by atoms with Gasteiger partial charge in [-0.15, -0.1) is 0 Å². The number of carbonyl (C=O) groups is 4. The minimum atomic E-state index is -1.14. The number of aliphatic carboxylic acids is 1. The summed E-state index contributed by atoms with van der Waals surface area (Å²) in [5.74, 6) is -2.56. The van der Waals surface area contributed by atoms with E-state index in [2.05, 4.69) is 25.9 Å². The van der Waals surface area contributed by atoms with Crippen LogP contribution >= 0.6 is 11.8 Å². The van der Waals surface area contributed by atoms with Crippen molar-refractivity contribution >= 4 is 35.5 Å². The molecule has 0 fully saturated rings. The van der Waals surface area contributed by atoms with Gasteiger partial charge >= 0.3 is 5.97 Å². The number of thioether (sulfide) groups is 1. The molecule has 1 rings (SSSR count). The van der Waals surface area contributed by atoms with Crippen LogP contribution in [-0.4, -0.2) is 74.9 Å². The molecule has 11 nitrogen and oxygen atoms in total. The first-order valence-electron chi connectivity index (χ1n) is 9.92. The summed E-state index contributed by atoms with van der Waals surface area (Å²) < 4.78 is 0. The van der Waals surface area contributed by atoms with Crippen LogP contribution in [0.5, 0.6) is 0 Å². The van der Waals surface area contributed by atoms with Crippen molar-refractivity contribution in [3.8, 4) is 0 Å². The molecule has 3 amide bonds. The van der Waals surface area contributed by atoms with Crippen LogP contribution in [0.4, 0.5) is 0 Å². The Balaban J connectivity index is 2.67. The quantitative estimate of drug-likeness (QED) is 0.224. The minimum Gasteiger partial charge on any atom is -0.480 e. The van der Waals surface area contributed by atoms with E-state index in [0.29, 0.717) is 11.4 Å². The van der Waals surface area contributed by atoms with Crippen LogP contribution in [-0.2, 0) is 25.6 Å². The van der Waals surface area contributed by atoms with E-state index in [9.17, 15) is 24.3 Å². The Morgan fingerprint density at radius 1 is 1.13 bits per heavy atom. The van der Waals surface area contributed by atoms with Gasteiger partial charge in [0, 0.05) is 18.3 Å². The summed E-state index contributed by atoms with van der Waals surface area (Å²) in [7, 11) is 0. The number of imidazole rings is 1. The van der Waals surface area contributed by atoms with Gasteiger partial charge in [-0.2, -0.15) is 11.8 Å². The molecule has 0 aromatic carbocycles. The summed E-state index contributed by atoms with van der Waals surface area (Å²) in [5.41, 5.74) is 6.55. The third-order valence-corrected chi connectivity index (χ3v) is 5.20. The van der Waals surface area contributed by atoms with Crippen molar-refractivity contribution in [1.29, 1.82) is 0 Å². The molecular weight excluding hydrogens is 424 g/mol.